The molecule has 64 valence electrons. The molecule has 0 aromatic heterocycles. The number of benzene rings is 1. The summed E-state index contributed by atoms with van der Waals surface area (Å²) in [6, 6.07) is 4.79. The normalized spacial score (nSPS) is 7.92. The van der Waals surface area contributed by atoms with Gasteiger partial charge in [-0.25, -0.2) is 4.39 Å². The van der Waals surface area contributed by atoms with Gasteiger partial charge in [0.15, 0.2) is 0 Å². The second-order valence-corrected chi connectivity index (χ2v) is 2.52. The molecule has 0 radical (unpaired) electrons. The van der Waals surface area contributed by atoms with Gasteiger partial charge in [-0.05, 0) is 44.0 Å². The van der Waals surface area contributed by atoms with Crippen LogP contribution in [0.25, 0.3) is 0 Å². The van der Waals surface area contributed by atoms with Crippen molar-refractivity contribution < 1.29 is 4.39 Å². The minimum Gasteiger partial charge on any atom is -0.207 e. The van der Waals surface area contributed by atoms with Crippen LogP contribution in [0.2, 0.25) is 0 Å². The molecule has 0 heterocycles. The van der Waals surface area contributed by atoms with Gasteiger partial charge >= 0.3 is 0 Å². The van der Waals surface area contributed by atoms with Gasteiger partial charge in [0.05, 0.1) is 0 Å². The van der Waals surface area contributed by atoms with E-state index in [1.54, 1.807) is 13.0 Å². The van der Waals surface area contributed by atoms with Gasteiger partial charge in [0.2, 0.25) is 0 Å². The summed E-state index contributed by atoms with van der Waals surface area (Å²) in [5.41, 5.74) is 2.14. The van der Waals surface area contributed by atoms with E-state index in [9.17, 15) is 4.39 Å². The molecule has 12 heavy (non-hydrogen) atoms. The fourth-order valence-electron chi connectivity index (χ4n) is 0.705. The number of hydrogen-bond donors (Lipinski definition) is 0. The minimum atomic E-state index is -0.155. The molecule has 0 fully saturated rings. The zero-order valence-electron chi connectivity index (χ0n) is 7.69. The Hall–Kier alpha value is -1.29. The number of rotatable bonds is 0. The lowest BCUT2D eigenvalue weighted by Crippen LogP contribution is -1.80. The van der Waals surface area contributed by atoms with E-state index in [1.807, 2.05) is 13.8 Å². The monoisotopic (exact) mass is 164 g/mol. The Morgan fingerprint density at radius 3 is 2.08 bits per heavy atom. The Bertz CT molecular complexity index is 282. The fourth-order valence-corrected chi connectivity index (χ4v) is 0.705. The second-order valence-electron chi connectivity index (χ2n) is 2.52. The third-order valence-corrected chi connectivity index (χ3v) is 1.47. The van der Waals surface area contributed by atoms with Crippen molar-refractivity contribution in [2.24, 2.45) is 0 Å². The summed E-state index contributed by atoms with van der Waals surface area (Å²) in [6.45, 7) is 5.52. The smallest absolute Gasteiger partial charge is 0.123 e. The maximum Gasteiger partial charge on any atom is 0.123 e. The maximum absolute atomic E-state index is 12.3. The Balaban J connectivity index is 0.000000354. The first-order valence-electron chi connectivity index (χ1n) is 3.72. The molecular formula is C11H13F. The quantitative estimate of drug-likeness (QED) is 0.517. The van der Waals surface area contributed by atoms with Gasteiger partial charge in [-0.2, -0.15) is 0 Å². The highest BCUT2D eigenvalue weighted by molar-refractivity contribution is 5.24. The first-order valence-corrected chi connectivity index (χ1v) is 3.72. The molecule has 0 saturated heterocycles. The highest BCUT2D eigenvalue weighted by Gasteiger charge is 1.91. The largest absolute Gasteiger partial charge is 0.207 e. The van der Waals surface area contributed by atoms with Gasteiger partial charge in [-0.1, -0.05) is 6.07 Å². The van der Waals surface area contributed by atoms with Crippen LogP contribution < -0.4 is 0 Å². The summed E-state index contributed by atoms with van der Waals surface area (Å²) in [6.07, 6.45) is 4.60. The molecular weight excluding hydrogens is 151 g/mol. The highest BCUT2D eigenvalue weighted by Crippen LogP contribution is 2.07. The summed E-state index contributed by atoms with van der Waals surface area (Å²) in [4.78, 5) is 0. The standard InChI is InChI=1S/C8H9F.C3H4/c1-6-3-4-8(9)5-7(6)2;1-3-2/h3-5H,1-2H3;1H,2H3. The molecule has 0 unspecified atom stereocenters. The van der Waals surface area contributed by atoms with E-state index >= 15 is 0 Å². The van der Waals surface area contributed by atoms with Crippen molar-refractivity contribution in [3.63, 3.8) is 0 Å². The molecule has 0 aliphatic heterocycles. The number of aryl methyl sites for hydroxylation is 2. The lowest BCUT2D eigenvalue weighted by Gasteiger charge is -1.96. The zero-order valence-corrected chi connectivity index (χ0v) is 7.69. The number of halogens is 1. The zero-order chi connectivity index (χ0) is 9.56. The average molecular weight is 164 g/mol. The Labute approximate surface area is 73.4 Å². The molecule has 0 saturated carbocycles. The van der Waals surface area contributed by atoms with Crippen LogP contribution in [0.1, 0.15) is 18.1 Å². The predicted molar refractivity (Wildman–Crippen MR) is 50.4 cm³/mol. The van der Waals surface area contributed by atoms with Crippen molar-refractivity contribution in [3.8, 4) is 12.3 Å². The van der Waals surface area contributed by atoms with Crippen molar-refractivity contribution in [1.82, 2.24) is 0 Å². The van der Waals surface area contributed by atoms with E-state index in [0.717, 1.165) is 11.1 Å². The molecule has 1 rings (SSSR count). The van der Waals surface area contributed by atoms with Crippen molar-refractivity contribution in [2.45, 2.75) is 20.8 Å². The van der Waals surface area contributed by atoms with Crippen molar-refractivity contribution in [3.05, 3.63) is 35.1 Å². The summed E-state index contributed by atoms with van der Waals surface area (Å²) in [5.74, 6) is 2.10. The molecule has 0 spiro atoms. The maximum atomic E-state index is 12.3. The third-order valence-electron chi connectivity index (χ3n) is 1.47. The van der Waals surface area contributed by atoms with Gasteiger partial charge in [0.25, 0.3) is 0 Å². The van der Waals surface area contributed by atoms with Crippen molar-refractivity contribution >= 4 is 0 Å². The average Bonchev–Trinajstić information content (AvgIpc) is 1.99. The van der Waals surface area contributed by atoms with E-state index in [4.69, 9.17) is 0 Å². The predicted octanol–water partition coefficient (Wildman–Crippen LogP) is 3.08. The summed E-state index contributed by atoms with van der Waals surface area (Å²) < 4.78 is 12.3. The SMILES string of the molecule is C#CC.Cc1ccc(F)cc1C. The minimum absolute atomic E-state index is 0.155. The van der Waals surface area contributed by atoms with E-state index in [-0.39, 0.29) is 5.82 Å². The molecule has 0 N–H and O–H groups in total. The third kappa shape index (κ3) is 3.78. The molecule has 1 aromatic rings. The lowest BCUT2D eigenvalue weighted by atomic mass is 10.1. The first-order chi connectivity index (χ1) is 5.61. The van der Waals surface area contributed by atoms with Gasteiger partial charge < -0.3 is 0 Å². The Morgan fingerprint density at radius 2 is 1.75 bits per heavy atom. The van der Waals surface area contributed by atoms with Crippen LogP contribution in [-0.2, 0) is 0 Å². The topological polar surface area (TPSA) is 0 Å². The van der Waals surface area contributed by atoms with Gasteiger partial charge in [-0.3, -0.25) is 0 Å². The van der Waals surface area contributed by atoms with Crippen LogP contribution in [0.4, 0.5) is 4.39 Å². The lowest BCUT2D eigenvalue weighted by molar-refractivity contribution is 0.626. The highest BCUT2D eigenvalue weighted by atomic mass is 19.1. The molecule has 0 aliphatic carbocycles. The molecule has 0 nitrogen and oxygen atoms in total. The van der Waals surface area contributed by atoms with E-state index in [1.165, 1.54) is 12.1 Å². The van der Waals surface area contributed by atoms with E-state index < -0.39 is 0 Å². The van der Waals surface area contributed by atoms with E-state index in [2.05, 4.69) is 12.3 Å². The van der Waals surface area contributed by atoms with Crippen molar-refractivity contribution in [2.75, 3.05) is 0 Å². The summed E-state index contributed by atoms with van der Waals surface area (Å²) in [7, 11) is 0. The molecule has 0 atom stereocenters. The fraction of sp³-hybridized carbons (Fsp3) is 0.273. The van der Waals surface area contributed by atoms with Gasteiger partial charge in [0.1, 0.15) is 5.82 Å². The molecule has 0 aliphatic rings. The van der Waals surface area contributed by atoms with Crippen LogP contribution in [0, 0.1) is 32.0 Å². The van der Waals surface area contributed by atoms with Crippen LogP contribution in [0.3, 0.4) is 0 Å². The number of terminal acetylenes is 1. The molecule has 1 heteroatoms. The van der Waals surface area contributed by atoms with Crippen molar-refractivity contribution in [1.29, 1.82) is 0 Å². The van der Waals surface area contributed by atoms with Crippen LogP contribution >= 0.6 is 0 Å². The van der Waals surface area contributed by atoms with Gasteiger partial charge in [0, 0.05) is 0 Å². The second kappa shape index (κ2) is 5.37. The summed E-state index contributed by atoms with van der Waals surface area (Å²) >= 11 is 0. The van der Waals surface area contributed by atoms with E-state index in [0.29, 0.717) is 0 Å². The Morgan fingerprint density at radius 1 is 1.25 bits per heavy atom. The molecule has 0 amide bonds. The summed E-state index contributed by atoms with van der Waals surface area (Å²) in [5, 5.41) is 0. The molecule has 1 aromatic carbocycles. The molecule has 0 bridgehead atoms. The Kier molecular flexibility index (Phi) is 4.79. The van der Waals surface area contributed by atoms with Gasteiger partial charge in [-0.15, -0.1) is 12.3 Å². The number of hydrogen-bond acceptors (Lipinski definition) is 0. The van der Waals surface area contributed by atoms with Crippen LogP contribution in [0.15, 0.2) is 18.2 Å². The van der Waals surface area contributed by atoms with Crippen LogP contribution in [-0.4, -0.2) is 0 Å². The van der Waals surface area contributed by atoms with Crippen LogP contribution in [0.5, 0.6) is 0 Å². The first kappa shape index (κ1) is 10.7.